The lowest BCUT2D eigenvalue weighted by molar-refractivity contribution is -0.385. The maximum Gasteiger partial charge on any atom is 0.313 e. The highest BCUT2D eigenvalue weighted by atomic mass is 19.1. The summed E-state index contributed by atoms with van der Waals surface area (Å²) < 4.78 is 19.7. The SMILES string of the molecule is COc1cc(N2CCC3(CCNCC3C(C)(C)C)CC2)c(F)cc1[N+](=O)[O-]. The Morgan fingerprint density at radius 2 is 1.96 bits per heavy atom. The monoisotopic (exact) mass is 379 g/mol. The van der Waals surface area contributed by atoms with Gasteiger partial charge in [-0.1, -0.05) is 20.8 Å². The summed E-state index contributed by atoms with van der Waals surface area (Å²) in [5, 5.41) is 14.6. The molecular weight excluding hydrogens is 349 g/mol. The number of halogens is 1. The van der Waals surface area contributed by atoms with Crippen LogP contribution >= 0.6 is 0 Å². The molecule has 2 saturated heterocycles. The van der Waals surface area contributed by atoms with Crippen molar-refractivity contribution >= 4 is 11.4 Å². The molecule has 1 unspecified atom stereocenters. The van der Waals surface area contributed by atoms with Gasteiger partial charge in [0.15, 0.2) is 11.6 Å². The third-order valence-corrected chi connectivity index (χ3v) is 6.48. The molecule has 0 aliphatic carbocycles. The van der Waals surface area contributed by atoms with Crippen LogP contribution in [-0.4, -0.2) is 38.2 Å². The van der Waals surface area contributed by atoms with Gasteiger partial charge in [0.1, 0.15) is 0 Å². The van der Waals surface area contributed by atoms with Crippen molar-refractivity contribution in [1.29, 1.82) is 0 Å². The van der Waals surface area contributed by atoms with Crippen molar-refractivity contribution in [2.45, 2.75) is 40.0 Å². The Hall–Kier alpha value is -1.89. The first-order valence-corrected chi connectivity index (χ1v) is 9.65. The summed E-state index contributed by atoms with van der Waals surface area (Å²) >= 11 is 0. The van der Waals surface area contributed by atoms with Crippen LogP contribution in [0.4, 0.5) is 15.8 Å². The zero-order valence-electron chi connectivity index (χ0n) is 16.7. The molecule has 2 aliphatic heterocycles. The van der Waals surface area contributed by atoms with E-state index in [4.69, 9.17) is 4.74 Å². The second-order valence-corrected chi connectivity index (χ2v) is 8.95. The largest absolute Gasteiger partial charge is 0.490 e. The molecule has 1 N–H and O–H groups in total. The zero-order chi connectivity index (χ0) is 19.8. The highest BCUT2D eigenvalue weighted by molar-refractivity contribution is 5.60. The van der Waals surface area contributed by atoms with E-state index in [0.29, 0.717) is 11.6 Å². The molecule has 0 amide bonds. The Kier molecular flexibility index (Phi) is 5.34. The van der Waals surface area contributed by atoms with Crippen LogP contribution in [0.5, 0.6) is 5.75 Å². The van der Waals surface area contributed by atoms with Crippen molar-refractivity contribution < 1.29 is 14.1 Å². The topological polar surface area (TPSA) is 67.6 Å². The number of ether oxygens (including phenoxy) is 1. The standard InChI is InChI=1S/C20H30FN3O3/c1-19(2,3)18-13-22-8-5-20(18)6-9-23(10-7-20)15-12-17(27-4)16(24(25)26)11-14(15)21/h11-12,18,22H,5-10,13H2,1-4H3. The summed E-state index contributed by atoms with van der Waals surface area (Å²) in [6.45, 7) is 10.5. The molecule has 7 heteroatoms. The maximum atomic E-state index is 14.6. The quantitative estimate of drug-likeness (QED) is 0.635. The Balaban J connectivity index is 1.82. The van der Waals surface area contributed by atoms with Gasteiger partial charge in [-0.2, -0.15) is 0 Å². The van der Waals surface area contributed by atoms with Gasteiger partial charge >= 0.3 is 5.69 Å². The van der Waals surface area contributed by atoms with Crippen molar-refractivity contribution in [2.24, 2.45) is 16.7 Å². The second-order valence-electron chi connectivity index (χ2n) is 8.95. The van der Waals surface area contributed by atoms with Crippen molar-refractivity contribution in [3.63, 3.8) is 0 Å². The number of nitro benzene ring substituents is 1. The Bertz CT molecular complexity index is 709. The van der Waals surface area contributed by atoms with Crippen LogP contribution in [0.2, 0.25) is 0 Å². The predicted octanol–water partition coefficient (Wildman–Crippen LogP) is 3.98. The van der Waals surface area contributed by atoms with Crippen LogP contribution in [0.1, 0.15) is 40.0 Å². The second kappa shape index (κ2) is 7.26. The third kappa shape index (κ3) is 3.74. The van der Waals surface area contributed by atoms with E-state index in [2.05, 4.69) is 26.1 Å². The first-order chi connectivity index (χ1) is 12.7. The molecule has 1 aromatic carbocycles. The first-order valence-electron chi connectivity index (χ1n) is 9.65. The molecule has 0 radical (unpaired) electrons. The van der Waals surface area contributed by atoms with E-state index in [1.807, 2.05) is 4.90 Å². The lowest BCUT2D eigenvalue weighted by Gasteiger charge is -2.54. The fourth-order valence-electron chi connectivity index (χ4n) is 5.07. The van der Waals surface area contributed by atoms with Gasteiger partial charge in [0.05, 0.1) is 23.8 Å². The molecule has 2 fully saturated rings. The van der Waals surface area contributed by atoms with Crippen molar-refractivity contribution in [3.05, 3.63) is 28.1 Å². The molecule has 2 aliphatic rings. The highest BCUT2D eigenvalue weighted by Crippen LogP contribution is 2.51. The van der Waals surface area contributed by atoms with Gasteiger partial charge in [-0.05, 0) is 49.1 Å². The third-order valence-electron chi connectivity index (χ3n) is 6.48. The minimum atomic E-state index is -0.611. The van der Waals surface area contributed by atoms with Crippen molar-refractivity contribution in [1.82, 2.24) is 5.32 Å². The maximum absolute atomic E-state index is 14.6. The normalized spacial score (nSPS) is 22.7. The first kappa shape index (κ1) is 19.9. The molecule has 0 bridgehead atoms. The van der Waals surface area contributed by atoms with Gasteiger partial charge in [-0.15, -0.1) is 0 Å². The molecule has 1 atom stereocenters. The van der Waals surface area contributed by atoms with E-state index in [0.717, 1.165) is 51.5 Å². The molecule has 6 nitrogen and oxygen atoms in total. The molecule has 1 aromatic rings. The predicted molar refractivity (Wildman–Crippen MR) is 104 cm³/mol. The smallest absolute Gasteiger partial charge is 0.313 e. The summed E-state index contributed by atoms with van der Waals surface area (Å²) in [5.41, 5.74) is 0.561. The zero-order valence-corrected chi connectivity index (χ0v) is 16.7. The number of hydrogen-bond donors (Lipinski definition) is 1. The van der Waals surface area contributed by atoms with Crippen LogP contribution in [0.25, 0.3) is 0 Å². The summed E-state index contributed by atoms with van der Waals surface area (Å²) in [7, 11) is 1.37. The summed E-state index contributed by atoms with van der Waals surface area (Å²) in [5.74, 6) is 0.124. The van der Waals surface area contributed by atoms with Crippen LogP contribution < -0.4 is 15.0 Å². The van der Waals surface area contributed by atoms with Crippen molar-refractivity contribution in [3.8, 4) is 5.75 Å². The van der Waals surface area contributed by atoms with Gasteiger partial charge in [0.25, 0.3) is 0 Å². The minimum absolute atomic E-state index is 0.103. The van der Waals surface area contributed by atoms with Gasteiger partial charge in [0.2, 0.25) is 0 Å². The van der Waals surface area contributed by atoms with E-state index >= 15 is 0 Å². The lowest BCUT2D eigenvalue weighted by Crippen LogP contribution is -2.55. The van der Waals surface area contributed by atoms with Gasteiger partial charge in [-0.3, -0.25) is 10.1 Å². The van der Waals surface area contributed by atoms with Crippen molar-refractivity contribution in [2.75, 3.05) is 38.2 Å². The number of nitrogens with zero attached hydrogens (tertiary/aromatic N) is 2. The average molecular weight is 379 g/mol. The van der Waals surface area contributed by atoms with E-state index in [-0.39, 0.29) is 22.3 Å². The number of hydrogen-bond acceptors (Lipinski definition) is 5. The molecule has 27 heavy (non-hydrogen) atoms. The number of nitrogens with one attached hydrogen (secondary N) is 1. The Labute approximate surface area is 160 Å². The molecule has 1 spiro atoms. The number of nitro groups is 1. The van der Waals surface area contributed by atoms with Gasteiger partial charge < -0.3 is 15.0 Å². The van der Waals surface area contributed by atoms with E-state index < -0.39 is 10.7 Å². The molecule has 2 heterocycles. The summed E-state index contributed by atoms with van der Waals surface area (Å²) in [6.07, 6.45) is 3.17. The number of methoxy groups -OCH3 is 1. The summed E-state index contributed by atoms with van der Waals surface area (Å²) in [4.78, 5) is 12.5. The lowest BCUT2D eigenvalue weighted by atomic mass is 9.57. The van der Waals surface area contributed by atoms with Crippen LogP contribution in [-0.2, 0) is 0 Å². The molecular formula is C20H30FN3O3. The average Bonchev–Trinajstić information content (AvgIpc) is 2.62. The summed E-state index contributed by atoms with van der Waals surface area (Å²) in [6, 6.07) is 2.44. The Morgan fingerprint density at radius 3 is 2.52 bits per heavy atom. The van der Waals surface area contributed by atoms with E-state index in [9.17, 15) is 14.5 Å². The van der Waals surface area contributed by atoms with Crippen LogP contribution in [0.15, 0.2) is 12.1 Å². The number of rotatable bonds is 3. The number of anilines is 1. The number of benzene rings is 1. The van der Waals surface area contributed by atoms with E-state index in [1.54, 1.807) is 0 Å². The molecule has 150 valence electrons. The van der Waals surface area contributed by atoms with Crippen LogP contribution in [0.3, 0.4) is 0 Å². The fraction of sp³-hybridized carbons (Fsp3) is 0.700. The fourth-order valence-corrected chi connectivity index (χ4v) is 5.07. The molecule has 3 rings (SSSR count). The highest BCUT2D eigenvalue weighted by Gasteiger charge is 2.47. The minimum Gasteiger partial charge on any atom is -0.490 e. The molecule has 0 saturated carbocycles. The number of piperidine rings is 2. The van der Waals surface area contributed by atoms with Gasteiger partial charge in [-0.25, -0.2) is 4.39 Å². The van der Waals surface area contributed by atoms with Crippen LogP contribution in [0, 0.1) is 32.7 Å². The van der Waals surface area contributed by atoms with Gasteiger partial charge in [0, 0.05) is 19.2 Å². The molecule has 0 aromatic heterocycles. The van der Waals surface area contributed by atoms with E-state index in [1.165, 1.54) is 13.2 Å². The Morgan fingerprint density at radius 1 is 1.30 bits per heavy atom.